The van der Waals surface area contributed by atoms with Gasteiger partial charge in [0, 0.05) is 0 Å². The molecule has 0 bridgehead atoms. The summed E-state index contributed by atoms with van der Waals surface area (Å²) in [6.45, 7) is 0. The van der Waals surface area contributed by atoms with Crippen LogP contribution in [-0.4, -0.2) is 43.5 Å². The third-order valence-electron chi connectivity index (χ3n) is 5.60. The van der Waals surface area contributed by atoms with Crippen LogP contribution >= 0.6 is 45.2 Å². The Labute approximate surface area is 211 Å². The van der Waals surface area contributed by atoms with Crippen molar-refractivity contribution in [1.82, 2.24) is 0 Å². The minimum atomic E-state index is 0.408. The molecule has 0 aliphatic carbocycles. The molecule has 0 atom stereocenters. The monoisotopic (exact) mass is 792 g/mol. The van der Waals surface area contributed by atoms with E-state index in [0.717, 1.165) is 0 Å². The van der Waals surface area contributed by atoms with Gasteiger partial charge in [0.25, 0.3) is 0 Å². The van der Waals surface area contributed by atoms with Crippen LogP contribution < -0.4 is 0 Å². The fourth-order valence-corrected chi connectivity index (χ4v) is 12.8. The molecule has 0 nitrogen and oxygen atoms in total. The second-order valence-corrected chi connectivity index (χ2v) is 16.4. The molecule has 3 aromatic heterocycles. The molecular weight excluding hydrogens is 779 g/mol. The third kappa shape index (κ3) is 2.72. The van der Waals surface area contributed by atoms with Crippen molar-refractivity contribution < 1.29 is 0 Å². The average molecular weight is 789 g/mol. The van der Waals surface area contributed by atoms with Crippen LogP contribution in [0.5, 0.6) is 0 Å². The van der Waals surface area contributed by atoms with Crippen LogP contribution in [0.4, 0.5) is 0 Å². The van der Waals surface area contributed by atoms with Crippen LogP contribution in [0.2, 0.25) is 0 Å². The fourth-order valence-electron chi connectivity index (χ4n) is 4.26. The molecule has 0 saturated heterocycles. The summed E-state index contributed by atoms with van der Waals surface area (Å²) in [5.41, 5.74) is 0. The Balaban J connectivity index is 1.61. The van der Waals surface area contributed by atoms with E-state index >= 15 is 0 Å². The second kappa shape index (κ2) is 6.70. The molecule has 4 aromatic carbocycles. The molecule has 0 aliphatic rings. The van der Waals surface area contributed by atoms with Crippen LogP contribution in [0.15, 0.2) is 60.7 Å². The summed E-state index contributed by atoms with van der Waals surface area (Å²) in [6, 6.07) is 23.9. The molecule has 3 heterocycles. The van der Waals surface area contributed by atoms with Crippen molar-refractivity contribution in [2.24, 2.45) is 0 Å². The fraction of sp³-hybridized carbons (Fsp3) is 0. The van der Waals surface area contributed by atoms with Gasteiger partial charge in [0.2, 0.25) is 0 Å². The first-order valence-electron chi connectivity index (χ1n) is 9.14. The first kappa shape index (κ1) is 18.5. The van der Waals surface area contributed by atoms with Gasteiger partial charge in [0.05, 0.1) is 0 Å². The number of halogens is 2. The Hall–Kier alpha value is -0.102. The maximum absolute atomic E-state index is 2.54. The first-order chi connectivity index (χ1) is 14.2. The van der Waals surface area contributed by atoms with Crippen molar-refractivity contribution in [2.45, 2.75) is 0 Å². The Morgan fingerprint density at radius 2 is 0.828 bits per heavy atom. The van der Waals surface area contributed by atoms with E-state index in [9.17, 15) is 0 Å². The predicted octanol–water partition coefficient (Wildman–Crippen LogP) is 6.99. The summed E-state index contributed by atoms with van der Waals surface area (Å²) in [4.78, 5) is 0. The Morgan fingerprint density at radius 1 is 0.414 bits per heavy atom. The summed E-state index contributed by atoms with van der Waals surface area (Å²) in [5.74, 6) is 0. The summed E-state index contributed by atoms with van der Waals surface area (Å²) < 4.78 is 12.2. The molecule has 0 N–H and O–H groups in total. The SMILES string of the molecule is Ic1cc2[se]c3cc4c(cc3c2cc1I)[se]c1cc2c(cc14)[se]c1ccccc12. The van der Waals surface area contributed by atoms with Gasteiger partial charge in [-0.05, 0) is 0 Å². The van der Waals surface area contributed by atoms with Crippen molar-refractivity contribution in [3.8, 4) is 0 Å². The number of fused-ring (bicyclic) bond motifs is 9. The van der Waals surface area contributed by atoms with Gasteiger partial charge in [-0.3, -0.25) is 0 Å². The van der Waals surface area contributed by atoms with Crippen molar-refractivity contribution in [1.29, 1.82) is 0 Å². The van der Waals surface area contributed by atoms with Gasteiger partial charge in [0.1, 0.15) is 0 Å². The number of hydrogen-bond acceptors (Lipinski definition) is 0. The number of rotatable bonds is 0. The third-order valence-corrected chi connectivity index (χ3v) is 15.5. The zero-order chi connectivity index (χ0) is 19.3. The number of hydrogen-bond donors (Lipinski definition) is 0. The van der Waals surface area contributed by atoms with Crippen LogP contribution in [-0.2, 0) is 0 Å². The summed E-state index contributed by atoms with van der Waals surface area (Å²) in [7, 11) is 0. The van der Waals surface area contributed by atoms with Crippen LogP contribution in [0.1, 0.15) is 0 Å². The second-order valence-electron chi connectivity index (χ2n) is 7.25. The van der Waals surface area contributed by atoms with E-state index in [1.165, 1.54) is 39.5 Å². The quantitative estimate of drug-likeness (QED) is 0.115. The van der Waals surface area contributed by atoms with Gasteiger partial charge < -0.3 is 0 Å². The van der Waals surface area contributed by atoms with E-state index in [-0.39, 0.29) is 0 Å². The molecule has 0 spiro atoms. The van der Waals surface area contributed by atoms with Gasteiger partial charge in [-0.1, -0.05) is 0 Å². The minimum absolute atomic E-state index is 0.408. The van der Waals surface area contributed by atoms with Crippen molar-refractivity contribution in [3.63, 3.8) is 0 Å². The Bertz CT molecular complexity index is 1780. The van der Waals surface area contributed by atoms with Crippen LogP contribution in [0, 0.1) is 7.14 Å². The van der Waals surface area contributed by atoms with Gasteiger partial charge in [-0.25, -0.2) is 0 Å². The topological polar surface area (TPSA) is 0 Å². The van der Waals surface area contributed by atoms with Crippen molar-refractivity contribution in [2.75, 3.05) is 0 Å². The molecule has 29 heavy (non-hydrogen) atoms. The Morgan fingerprint density at radius 3 is 1.45 bits per heavy atom. The van der Waals surface area contributed by atoms with Gasteiger partial charge >= 0.3 is 214 Å². The molecule has 138 valence electrons. The normalized spacial score (nSPS) is 12.5. The first-order valence-corrected chi connectivity index (χ1v) is 16.4. The molecule has 0 aliphatic heterocycles. The van der Waals surface area contributed by atoms with Crippen LogP contribution in [0.3, 0.4) is 0 Å². The van der Waals surface area contributed by atoms with E-state index in [4.69, 9.17) is 0 Å². The van der Waals surface area contributed by atoms with E-state index < -0.39 is 0 Å². The average Bonchev–Trinajstić information content (AvgIpc) is 3.36. The Kier molecular flexibility index (Phi) is 4.27. The zero-order valence-electron chi connectivity index (χ0n) is 14.8. The molecule has 5 heteroatoms. The molecule has 0 saturated carbocycles. The maximum atomic E-state index is 2.54. The van der Waals surface area contributed by atoms with Gasteiger partial charge in [0.15, 0.2) is 0 Å². The van der Waals surface area contributed by atoms with Crippen molar-refractivity contribution >= 4 is 147 Å². The summed E-state index contributed by atoms with van der Waals surface area (Å²) in [5, 5.41) is 9.00. The molecule has 0 radical (unpaired) electrons. The van der Waals surface area contributed by atoms with Gasteiger partial charge in [-0.2, -0.15) is 0 Å². The van der Waals surface area contributed by atoms with E-state index in [1.807, 2.05) is 0 Å². The molecule has 7 rings (SSSR count). The van der Waals surface area contributed by atoms with Gasteiger partial charge in [-0.15, -0.1) is 0 Å². The van der Waals surface area contributed by atoms with E-state index in [2.05, 4.69) is 106 Å². The van der Waals surface area contributed by atoms with Crippen LogP contribution in [0.25, 0.3) is 57.9 Å². The summed E-state index contributed by atoms with van der Waals surface area (Å²) >= 11 is 6.23. The molecule has 0 amide bonds. The predicted molar refractivity (Wildman–Crippen MR) is 148 cm³/mol. The summed E-state index contributed by atoms with van der Waals surface area (Å²) in [6.07, 6.45) is 0. The number of benzene rings is 4. The molecule has 7 aromatic rings. The van der Waals surface area contributed by atoms with E-state index in [0.29, 0.717) is 43.5 Å². The van der Waals surface area contributed by atoms with E-state index in [1.54, 1.807) is 25.6 Å². The van der Waals surface area contributed by atoms with Crippen molar-refractivity contribution in [3.05, 3.63) is 67.8 Å². The molecule has 0 unspecified atom stereocenters. The standard InChI is InChI=1S/C24H10I2Se3/c25-17-5-12-14-7-23-16(9-22(14)29-24(12)10-18(17)26)15-8-20-13(6-21(15)28-23)11-3-1-2-4-19(11)27-20/h1-10H. The molecular formula is C24H10I2Se3. The zero-order valence-corrected chi connectivity index (χ0v) is 24.2. The molecule has 0 fully saturated rings.